The van der Waals surface area contributed by atoms with Crippen LogP contribution >= 0.6 is 0 Å². The Labute approximate surface area is 118 Å². The maximum absolute atomic E-state index is 12.4. The van der Waals surface area contributed by atoms with Crippen molar-refractivity contribution < 1.29 is 19.1 Å². The van der Waals surface area contributed by atoms with E-state index in [4.69, 9.17) is 0 Å². The van der Waals surface area contributed by atoms with E-state index in [-0.39, 0.29) is 23.8 Å². The van der Waals surface area contributed by atoms with Crippen LogP contribution in [-0.2, 0) is 14.3 Å². The van der Waals surface area contributed by atoms with E-state index in [9.17, 15) is 14.4 Å². The van der Waals surface area contributed by atoms with E-state index < -0.39 is 18.2 Å². The number of ether oxygens (including phenoxy) is 1. The molecule has 0 aromatic carbocycles. The van der Waals surface area contributed by atoms with Gasteiger partial charge in [-0.1, -0.05) is 20.3 Å². The molecule has 7 nitrogen and oxygen atoms in total. The second kappa shape index (κ2) is 5.68. The number of methoxy groups -OCH3 is 1. The van der Waals surface area contributed by atoms with Crippen LogP contribution in [0, 0.1) is 5.92 Å². The highest BCUT2D eigenvalue weighted by Gasteiger charge is 2.47. The molecule has 0 aliphatic carbocycles. The summed E-state index contributed by atoms with van der Waals surface area (Å²) in [7, 11) is 1.29. The maximum Gasteiger partial charge on any atom is 0.407 e. The third-order valence-electron chi connectivity index (χ3n) is 4.17. The molecule has 2 fully saturated rings. The monoisotopic (exact) mass is 283 g/mol. The smallest absolute Gasteiger partial charge is 0.407 e. The third kappa shape index (κ3) is 2.57. The second-order valence-electron chi connectivity index (χ2n) is 5.45. The fourth-order valence-corrected chi connectivity index (χ4v) is 2.77. The zero-order chi connectivity index (χ0) is 14.9. The molecule has 7 heteroatoms. The van der Waals surface area contributed by atoms with Gasteiger partial charge in [0.1, 0.15) is 12.1 Å². The molecule has 2 heterocycles. The summed E-state index contributed by atoms with van der Waals surface area (Å²) < 4.78 is 4.54. The lowest BCUT2D eigenvalue weighted by Gasteiger charge is -2.36. The van der Waals surface area contributed by atoms with Gasteiger partial charge in [0.05, 0.1) is 13.2 Å². The SMILES string of the molecule is CC[C@H](C)[C@@H]1NC(=O)[C@@H]2C[C@H](NC(=O)OC)CN2C1=O. The molecule has 2 rings (SSSR count). The predicted octanol–water partition coefficient (Wildman–Crippen LogP) is -0.144. The highest BCUT2D eigenvalue weighted by Crippen LogP contribution is 2.25. The first kappa shape index (κ1) is 14.6. The summed E-state index contributed by atoms with van der Waals surface area (Å²) in [6.07, 6.45) is 0.708. The lowest BCUT2D eigenvalue weighted by molar-refractivity contribution is -0.148. The van der Waals surface area contributed by atoms with Crippen LogP contribution in [0.4, 0.5) is 4.79 Å². The van der Waals surface area contributed by atoms with Crippen molar-refractivity contribution in [2.24, 2.45) is 5.92 Å². The minimum absolute atomic E-state index is 0.0573. The molecule has 20 heavy (non-hydrogen) atoms. The molecule has 0 bridgehead atoms. The number of carbonyl (C=O) groups excluding carboxylic acids is 3. The Kier molecular flexibility index (Phi) is 4.15. The molecule has 2 N–H and O–H groups in total. The van der Waals surface area contributed by atoms with Crippen LogP contribution in [0.25, 0.3) is 0 Å². The van der Waals surface area contributed by atoms with Crippen molar-refractivity contribution in [3.05, 3.63) is 0 Å². The van der Waals surface area contributed by atoms with Crippen molar-refractivity contribution in [2.45, 2.75) is 44.8 Å². The molecule has 2 aliphatic heterocycles. The third-order valence-corrected chi connectivity index (χ3v) is 4.17. The van der Waals surface area contributed by atoms with E-state index in [1.165, 1.54) is 7.11 Å². The molecule has 0 unspecified atom stereocenters. The highest BCUT2D eigenvalue weighted by molar-refractivity contribution is 5.97. The Morgan fingerprint density at radius 2 is 2.25 bits per heavy atom. The number of amides is 3. The largest absolute Gasteiger partial charge is 0.453 e. The van der Waals surface area contributed by atoms with Gasteiger partial charge in [0, 0.05) is 6.54 Å². The van der Waals surface area contributed by atoms with Crippen LogP contribution < -0.4 is 10.6 Å². The highest BCUT2D eigenvalue weighted by atomic mass is 16.5. The normalized spacial score (nSPS) is 30.6. The van der Waals surface area contributed by atoms with Gasteiger partial charge in [-0.15, -0.1) is 0 Å². The standard InChI is InChI=1S/C13H21N3O4/c1-4-7(2)10-12(18)16-6-8(14-13(19)20-3)5-9(16)11(17)15-10/h7-10H,4-6H2,1-3H3,(H,14,19)(H,15,17)/t7-,8-,9-,10-/m0/s1. The van der Waals surface area contributed by atoms with Crippen molar-refractivity contribution in [1.82, 2.24) is 15.5 Å². The van der Waals surface area contributed by atoms with Gasteiger partial charge < -0.3 is 20.3 Å². The molecule has 0 spiro atoms. The number of piperazine rings is 1. The van der Waals surface area contributed by atoms with Crippen LogP contribution in [0.1, 0.15) is 26.7 Å². The lowest BCUT2D eigenvalue weighted by Crippen LogP contribution is -2.62. The summed E-state index contributed by atoms with van der Waals surface area (Å²) in [6.45, 7) is 4.30. The van der Waals surface area contributed by atoms with Crippen LogP contribution in [0.5, 0.6) is 0 Å². The minimum atomic E-state index is -0.541. The molecule has 112 valence electrons. The summed E-state index contributed by atoms with van der Waals surface area (Å²) in [5, 5.41) is 5.45. The van der Waals surface area contributed by atoms with Gasteiger partial charge in [-0.3, -0.25) is 9.59 Å². The zero-order valence-corrected chi connectivity index (χ0v) is 12.0. The lowest BCUT2D eigenvalue weighted by atomic mass is 9.95. The first-order valence-corrected chi connectivity index (χ1v) is 6.93. The van der Waals surface area contributed by atoms with Crippen molar-refractivity contribution in [1.29, 1.82) is 0 Å². The van der Waals surface area contributed by atoms with Gasteiger partial charge in [-0.2, -0.15) is 0 Å². The van der Waals surface area contributed by atoms with Gasteiger partial charge in [0.2, 0.25) is 11.8 Å². The fourth-order valence-electron chi connectivity index (χ4n) is 2.77. The first-order chi connectivity index (χ1) is 9.47. The van der Waals surface area contributed by atoms with Gasteiger partial charge >= 0.3 is 6.09 Å². The maximum atomic E-state index is 12.4. The molecular weight excluding hydrogens is 262 g/mol. The first-order valence-electron chi connectivity index (χ1n) is 6.93. The number of fused-ring (bicyclic) bond motifs is 1. The van der Waals surface area contributed by atoms with Gasteiger partial charge in [-0.05, 0) is 12.3 Å². The molecule has 0 radical (unpaired) electrons. The molecule has 0 aromatic rings. The summed E-state index contributed by atoms with van der Waals surface area (Å²) in [5.74, 6) is -0.0952. The Balaban J connectivity index is 2.08. The van der Waals surface area contributed by atoms with Crippen molar-refractivity contribution >= 4 is 17.9 Å². The quantitative estimate of drug-likeness (QED) is 0.754. The van der Waals surface area contributed by atoms with Crippen LogP contribution in [-0.4, -0.2) is 54.6 Å². The Bertz CT molecular complexity index is 426. The van der Waals surface area contributed by atoms with E-state index in [0.29, 0.717) is 13.0 Å². The summed E-state index contributed by atoms with van der Waals surface area (Å²) in [4.78, 5) is 37.3. The van der Waals surface area contributed by atoms with Crippen LogP contribution in [0.3, 0.4) is 0 Å². The van der Waals surface area contributed by atoms with E-state index in [0.717, 1.165) is 6.42 Å². The summed E-state index contributed by atoms with van der Waals surface area (Å²) in [5.41, 5.74) is 0. The van der Waals surface area contributed by atoms with E-state index >= 15 is 0 Å². The van der Waals surface area contributed by atoms with E-state index in [1.54, 1.807) is 4.90 Å². The van der Waals surface area contributed by atoms with Crippen molar-refractivity contribution in [3.8, 4) is 0 Å². The number of hydrogen-bond donors (Lipinski definition) is 2. The number of nitrogens with one attached hydrogen (secondary N) is 2. The predicted molar refractivity (Wildman–Crippen MR) is 70.8 cm³/mol. The number of rotatable bonds is 3. The van der Waals surface area contributed by atoms with Crippen LogP contribution in [0.15, 0.2) is 0 Å². The molecule has 3 amide bonds. The van der Waals surface area contributed by atoms with E-state index in [1.807, 2.05) is 13.8 Å². The fraction of sp³-hybridized carbons (Fsp3) is 0.769. The number of carbonyl (C=O) groups is 3. The van der Waals surface area contributed by atoms with Gasteiger partial charge in [0.25, 0.3) is 0 Å². The zero-order valence-electron chi connectivity index (χ0n) is 12.0. The number of nitrogens with zero attached hydrogens (tertiary/aromatic N) is 1. The molecule has 0 saturated carbocycles. The summed E-state index contributed by atoms with van der Waals surface area (Å²) >= 11 is 0. The second-order valence-corrected chi connectivity index (χ2v) is 5.45. The molecule has 4 atom stereocenters. The van der Waals surface area contributed by atoms with E-state index in [2.05, 4.69) is 15.4 Å². The topological polar surface area (TPSA) is 87.7 Å². The molecule has 2 saturated heterocycles. The Morgan fingerprint density at radius 1 is 1.55 bits per heavy atom. The van der Waals surface area contributed by atoms with Gasteiger partial charge in [0.15, 0.2) is 0 Å². The average Bonchev–Trinajstić information content (AvgIpc) is 2.86. The Hall–Kier alpha value is -1.79. The molecule has 2 aliphatic rings. The summed E-state index contributed by atoms with van der Waals surface area (Å²) in [6, 6.07) is -1.18. The molecule has 0 aromatic heterocycles. The average molecular weight is 283 g/mol. The number of hydrogen-bond acceptors (Lipinski definition) is 4. The van der Waals surface area contributed by atoms with Crippen molar-refractivity contribution in [2.75, 3.05) is 13.7 Å². The van der Waals surface area contributed by atoms with Gasteiger partial charge in [-0.25, -0.2) is 4.79 Å². The number of alkyl carbamates (subject to hydrolysis) is 1. The van der Waals surface area contributed by atoms with Crippen LogP contribution in [0.2, 0.25) is 0 Å². The van der Waals surface area contributed by atoms with Crippen molar-refractivity contribution in [3.63, 3.8) is 0 Å². The molecular formula is C13H21N3O4. The Morgan fingerprint density at radius 3 is 2.85 bits per heavy atom. The minimum Gasteiger partial charge on any atom is -0.453 e.